The molecule has 3 heteroatoms. The van der Waals surface area contributed by atoms with Crippen molar-refractivity contribution < 1.29 is 4.39 Å². The number of halogens is 1. The van der Waals surface area contributed by atoms with Crippen molar-refractivity contribution in [3.05, 3.63) is 71.7 Å². The van der Waals surface area contributed by atoms with Gasteiger partial charge in [0.2, 0.25) is 0 Å². The summed E-state index contributed by atoms with van der Waals surface area (Å²) in [5.74, 6) is 0.0406. The first kappa shape index (κ1) is 14.8. The van der Waals surface area contributed by atoms with Gasteiger partial charge in [-0.25, -0.2) is 4.39 Å². The highest BCUT2D eigenvalue weighted by Gasteiger charge is 2.17. The quantitative estimate of drug-likeness (QED) is 0.755. The second kappa shape index (κ2) is 6.32. The van der Waals surface area contributed by atoms with Crippen molar-refractivity contribution in [2.75, 3.05) is 6.54 Å². The van der Waals surface area contributed by atoms with Gasteiger partial charge >= 0.3 is 0 Å². The monoisotopic (exact) mass is 296 g/mol. The van der Waals surface area contributed by atoms with Crippen molar-refractivity contribution in [1.29, 1.82) is 0 Å². The number of para-hydroxylation sites is 1. The summed E-state index contributed by atoms with van der Waals surface area (Å²) in [6.45, 7) is 3.66. The van der Waals surface area contributed by atoms with Crippen LogP contribution in [-0.4, -0.2) is 11.1 Å². The third kappa shape index (κ3) is 2.77. The normalized spacial score (nSPS) is 12.7. The van der Waals surface area contributed by atoms with Gasteiger partial charge in [-0.1, -0.05) is 30.3 Å². The van der Waals surface area contributed by atoms with E-state index in [4.69, 9.17) is 5.73 Å². The summed E-state index contributed by atoms with van der Waals surface area (Å²) in [7, 11) is 0. The Hall–Kier alpha value is -2.13. The molecule has 22 heavy (non-hydrogen) atoms. The molecular formula is C19H21FN2. The van der Waals surface area contributed by atoms with Crippen molar-refractivity contribution in [1.82, 2.24) is 4.57 Å². The number of benzene rings is 2. The summed E-state index contributed by atoms with van der Waals surface area (Å²) in [5.41, 5.74) is 9.69. The second-order valence-corrected chi connectivity index (χ2v) is 5.65. The Kier molecular flexibility index (Phi) is 4.25. The number of nitrogens with two attached hydrogens (primary N) is 1. The molecule has 1 aromatic heterocycles. The summed E-state index contributed by atoms with van der Waals surface area (Å²) in [6.07, 6.45) is 3.04. The molecule has 0 spiro atoms. The summed E-state index contributed by atoms with van der Waals surface area (Å²) in [4.78, 5) is 0. The van der Waals surface area contributed by atoms with Gasteiger partial charge in [0.1, 0.15) is 5.82 Å². The molecule has 3 rings (SSSR count). The molecule has 1 heterocycles. The van der Waals surface area contributed by atoms with Crippen molar-refractivity contribution in [3.63, 3.8) is 0 Å². The van der Waals surface area contributed by atoms with Crippen LogP contribution in [0.1, 0.15) is 24.0 Å². The van der Waals surface area contributed by atoms with Gasteiger partial charge < -0.3 is 10.3 Å². The number of nitrogens with zero attached hydrogens (tertiary/aromatic N) is 1. The molecule has 1 unspecified atom stereocenters. The standard InChI is InChI=1S/C19H21FN2/c1-2-22-13-18(17-5-3-4-6-19(17)22)15(12-21)11-14-7-9-16(20)10-8-14/h3-10,13,15H,2,11-12,21H2,1H3. The van der Waals surface area contributed by atoms with Crippen LogP contribution in [0.2, 0.25) is 0 Å². The first-order chi connectivity index (χ1) is 10.7. The van der Waals surface area contributed by atoms with Crippen molar-refractivity contribution in [2.24, 2.45) is 5.73 Å². The van der Waals surface area contributed by atoms with E-state index in [1.54, 1.807) is 0 Å². The lowest BCUT2D eigenvalue weighted by Crippen LogP contribution is -2.15. The van der Waals surface area contributed by atoms with Gasteiger partial charge in [0.05, 0.1) is 0 Å². The minimum Gasteiger partial charge on any atom is -0.347 e. The van der Waals surface area contributed by atoms with Crippen LogP contribution >= 0.6 is 0 Å². The predicted octanol–water partition coefficient (Wildman–Crippen LogP) is 4.09. The molecule has 0 bridgehead atoms. The fourth-order valence-corrected chi connectivity index (χ4v) is 3.09. The van der Waals surface area contributed by atoms with Crippen LogP contribution in [-0.2, 0) is 13.0 Å². The molecule has 0 radical (unpaired) electrons. The third-order valence-electron chi connectivity index (χ3n) is 4.28. The molecule has 0 aliphatic rings. The lowest BCUT2D eigenvalue weighted by Gasteiger charge is -2.14. The number of aromatic nitrogens is 1. The zero-order chi connectivity index (χ0) is 15.5. The van der Waals surface area contributed by atoms with Crippen LogP contribution in [0.5, 0.6) is 0 Å². The second-order valence-electron chi connectivity index (χ2n) is 5.65. The summed E-state index contributed by atoms with van der Waals surface area (Å²) >= 11 is 0. The topological polar surface area (TPSA) is 30.9 Å². The molecule has 0 aliphatic carbocycles. The average molecular weight is 296 g/mol. The van der Waals surface area contributed by atoms with Gasteiger partial charge in [-0.2, -0.15) is 0 Å². The molecule has 3 aromatic rings. The van der Waals surface area contributed by atoms with E-state index >= 15 is 0 Å². The number of fused-ring (bicyclic) bond motifs is 1. The largest absolute Gasteiger partial charge is 0.347 e. The maximum Gasteiger partial charge on any atom is 0.123 e. The molecule has 0 fully saturated rings. The molecule has 2 aromatic carbocycles. The molecular weight excluding hydrogens is 275 g/mol. The van der Waals surface area contributed by atoms with E-state index in [-0.39, 0.29) is 11.7 Å². The molecule has 2 nitrogen and oxygen atoms in total. The Morgan fingerprint density at radius 3 is 2.50 bits per heavy atom. The van der Waals surface area contributed by atoms with E-state index in [9.17, 15) is 4.39 Å². The number of rotatable bonds is 5. The van der Waals surface area contributed by atoms with Crippen LogP contribution in [0, 0.1) is 5.82 Å². The van der Waals surface area contributed by atoms with Crippen LogP contribution in [0.4, 0.5) is 4.39 Å². The lowest BCUT2D eigenvalue weighted by atomic mass is 9.92. The predicted molar refractivity (Wildman–Crippen MR) is 89.5 cm³/mol. The highest BCUT2D eigenvalue weighted by molar-refractivity contribution is 5.84. The molecule has 0 amide bonds. The molecule has 0 aliphatic heterocycles. The van der Waals surface area contributed by atoms with Gasteiger partial charge in [0, 0.05) is 29.6 Å². The molecule has 0 saturated carbocycles. The number of hydrogen-bond donors (Lipinski definition) is 1. The SMILES string of the molecule is CCn1cc(C(CN)Cc2ccc(F)cc2)c2ccccc21. The van der Waals surface area contributed by atoms with E-state index in [0.717, 1.165) is 18.5 Å². The van der Waals surface area contributed by atoms with E-state index in [0.29, 0.717) is 6.54 Å². The van der Waals surface area contributed by atoms with Gasteiger partial charge in [-0.15, -0.1) is 0 Å². The van der Waals surface area contributed by atoms with E-state index < -0.39 is 0 Å². The number of hydrogen-bond acceptors (Lipinski definition) is 1. The first-order valence-corrected chi connectivity index (χ1v) is 7.75. The Morgan fingerprint density at radius 2 is 1.82 bits per heavy atom. The van der Waals surface area contributed by atoms with Gasteiger partial charge in [0.25, 0.3) is 0 Å². The van der Waals surface area contributed by atoms with E-state index in [1.165, 1.54) is 28.6 Å². The third-order valence-corrected chi connectivity index (χ3v) is 4.28. The molecule has 0 saturated heterocycles. The van der Waals surface area contributed by atoms with E-state index in [1.807, 2.05) is 12.1 Å². The van der Waals surface area contributed by atoms with Crippen LogP contribution in [0.15, 0.2) is 54.7 Å². The fourth-order valence-electron chi connectivity index (χ4n) is 3.09. The van der Waals surface area contributed by atoms with Crippen molar-refractivity contribution in [3.8, 4) is 0 Å². The Labute approximate surface area is 130 Å². The van der Waals surface area contributed by atoms with Crippen molar-refractivity contribution in [2.45, 2.75) is 25.8 Å². The molecule has 1 atom stereocenters. The van der Waals surface area contributed by atoms with Crippen molar-refractivity contribution >= 4 is 10.9 Å². The minimum absolute atomic E-state index is 0.198. The first-order valence-electron chi connectivity index (χ1n) is 7.75. The zero-order valence-electron chi connectivity index (χ0n) is 12.8. The van der Waals surface area contributed by atoms with E-state index in [2.05, 4.69) is 42.0 Å². The van der Waals surface area contributed by atoms with Gasteiger partial charge in [0.15, 0.2) is 0 Å². The van der Waals surface area contributed by atoms with Gasteiger partial charge in [-0.05, 0) is 49.2 Å². The van der Waals surface area contributed by atoms with Crippen LogP contribution in [0.25, 0.3) is 10.9 Å². The highest BCUT2D eigenvalue weighted by Crippen LogP contribution is 2.29. The smallest absolute Gasteiger partial charge is 0.123 e. The summed E-state index contributed by atoms with van der Waals surface area (Å²) < 4.78 is 15.3. The number of aryl methyl sites for hydroxylation is 1. The molecule has 2 N–H and O–H groups in total. The van der Waals surface area contributed by atoms with Crippen LogP contribution < -0.4 is 5.73 Å². The zero-order valence-corrected chi connectivity index (χ0v) is 12.8. The molecule has 114 valence electrons. The maximum atomic E-state index is 13.1. The Balaban J connectivity index is 1.98. The highest BCUT2D eigenvalue weighted by atomic mass is 19.1. The Bertz CT molecular complexity index is 759. The average Bonchev–Trinajstić information content (AvgIpc) is 2.93. The summed E-state index contributed by atoms with van der Waals surface area (Å²) in [5, 5.41) is 1.27. The lowest BCUT2D eigenvalue weighted by molar-refractivity contribution is 0.625. The summed E-state index contributed by atoms with van der Waals surface area (Å²) in [6, 6.07) is 15.1. The van der Waals surface area contributed by atoms with Gasteiger partial charge in [-0.3, -0.25) is 0 Å². The maximum absolute atomic E-state index is 13.1. The minimum atomic E-state index is -0.198. The van der Waals surface area contributed by atoms with Crippen LogP contribution in [0.3, 0.4) is 0 Å². The fraction of sp³-hybridized carbons (Fsp3) is 0.263. The Morgan fingerprint density at radius 1 is 1.09 bits per heavy atom.